The fourth-order valence-electron chi connectivity index (χ4n) is 2.88. The third kappa shape index (κ3) is 4.45. The average Bonchev–Trinajstić information content (AvgIpc) is 3.01. The molecule has 0 aliphatic carbocycles. The molecule has 0 bridgehead atoms. The van der Waals surface area contributed by atoms with Crippen LogP contribution in [-0.2, 0) is 17.3 Å². The van der Waals surface area contributed by atoms with Gasteiger partial charge in [0.05, 0.1) is 18.7 Å². The number of rotatable bonds is 5. The third-order valence-electron chi connectivity index (χ3n) is 4.14. The third-order valence-corrected chi connectivity index (χ3v) is 4.14. The van der Waals surface area contributed by atoms with Gasteiger partial charge < -0.3 is 25.0 Å². The number of H-pyrrole nitrogens is 1. The Kier molecular flexibility index (Phi) is 6.11. The number of halogens is 3. The van der Waals surface area contributed by atoms with E-state index in [2.05, 4.69) is 15.3 Å². The van der Waals surface area contributed by atoms with Crippen LogP contribution in [0, 0.1) is 0 Å². The quantitative estimate of drug-likeness (QED) is 0.725. The van der Waals surface area contributed by atoms with E-state index in [1.165, 1.54) is 11.8 Å². The van der Waals surface area contributed by atoms with Crippen LogP contribution in [0.25, 0.3) is 0 Å². The first-order valence-electron chi connectivity index (χ1n) is 8.23. The normalized spacial score (nSPS) is 20.9. The number of carbonyl (C=O) groups is 2. The maximum atomic E-state index is 13.0. The average molecular weight is 378 g/mol. The van der Waals surface area contributed by atoms with Gasteiger partial charge in [0.1, 0.15) is 0 Å². The topological polar surface area (TPSA) is 108 Å². The molecule has 1 aromatic rings. The number of hydrogen-bond acceptors (Lipinski definition) is 4. The van der Waals surface area contributed by atoms with Crippen molar-refractivity contribution in [2.24, 2.45) is 0 Å². The predicted molar refractivity (Wildman–Crippen MR) is 83.9 cm³/mol. The number of piperidine rings is 1. The van der Waals surface area contributed by atoms with Gasteiger partial charge in [-0.15, -0.1) is 0 Å². The Morgan fingerprint density at radius 3 is 2.62 bits per heavy atom. The zero-order valence-corrected chi connectivity index (χ0v) is 14.4. The fourth-order valence-corrected chi connectivity index (χ4v) is 2.88. The van der Waals surface area contributed by atoms with Crippen molar-refractivity contribution in [2.75, 3.05) is 19.7 Å². The number of hydrogen-bond donors (Lipinski definition) is 3. The summed E-state index contributed by atoms with van der Waals surface area (Å²) in [6.45, 7) is 3.82. The van der Waals surface area contributed by atoms with Crippen molar-refractivity contribution in [2.45, 2.75) is 45.0 Å². The number of aromatic nitrogens is 2. The molecule has 1 aromatic heterocycles. The summed E-state index contributed by atoms with van der Waals surface area (Å²) >= 11 is 0. The van der Waals surface area contributed by atoms with Crippen molar-refractivity contribution < 1.29 is 32.6 Å². The number of likely N-dealkylation sites (tertiary alicyclic amines) is 1. The molecule has 26 heavy (non-hydrogen) atoms. The summed E-state index contributed by atoms with van der Waals surface area (Å²) in [5.74, 6) is -1.21. The van der Waals surface area contributed by atoms with Gasteiger partial charge in [-0.25, -0.2) is 9.78 Å². The predicted octanol–water partition coefficient (Wildman–Crippen LogP) is 1.88. The van der Waals surface area contributed by atoms with E-state index in [1.807, 2.05) is 0 Å². The molecule has 2 atom stereocenters. The Labute approximate surface area is 147 Å². The zero-order chi connectivity index (χ0) is 19.5. The molecule has 1 aliphatic rings. The molecule has 8 nitrogen and oxygen atoms in total. The van der Waals surface area contributed by atoms with E-state index in [4.69, 9.17) is 9.84 Å². The van der Waals surface area contributed by atoms with E-state index >= 15 is 0 Å². The molecule has 2 rings (SSSR count). The second-order valence-electron chi connectivity index (χ2n) is 5.85. The molecule has 0 spiro atoms. The van der Waals surface area contributed by atoms with Crippen molar-refractivity contribution in [3.8, 4) is 0 Å². The monoisotopic (exact) mass is 378 g/mol. The molecule has 2 heterocycles. The van der Waals surface area contributed by atoms with Gasteiger partial charge in [-0.2, -0.15) is 13.2 Å². The molecule has 2 unspecified atom stereocenters. The Bertz CT molecular complexity index is 662. The lowest BCUT2D eigenvalue weighted by Crippen LogP contribution is -2.56. The van der Waals surface area contributed by atoms with Gasteiger partial charge in [0, 0.05) is 18.8 Å². The van der Waals surface area contributed by atoms with Crippen molar-refractivity contribution in [1.82, 2.24) is 20.2 Å². The smallest absolute Gasteiger partial charge is 0.435 e. The largest absolute Gasteiger partial charge is 0.465 e. The summed E-state index contributed by atoms with van der Waals surface area (Å²) in [5.41, 5.74) is -1.27. The zero-order valence-electron chi connectivity index (χ0n) is 14.4. The van der Waals surface area contributed by atoms with Gasteiger partial charge in [-0.05, 0) is 19.8 Å². The van der Waals surface area contributed by atoms with E-state index in [1.54, 1.807) is 6.92 Å². The van der Waals surface area contributed by atoms with Crippen LogP contribution < -0.4 is 5.32 Å². The van der Waals surface area contributed by atoms with E-state index < -0.39 is 41.8 Å². The minimum absolute atomic E-state index is 0.0493. The Morgan fingerprint density at radius 1 is 1.42 bits per heavy atom. The number of aryl methyl sites for hydroxylation is 1. The van der Waals surface area contributed by atoms with Gasteiger partial charge in [-0.1, -0.05) is 6.92 Å². The maximum absolute atomic E-state index is 13.0. The maximum Gasteiger partial charge on any atom is 0.435 e. The Hall–Kier alpha value is -2.30. The van der Waals surface area contributed by atoms with Crippen molar-refractivity contribution in [1.29, 1.82) is 0 Å². The van der Waals surface area contributed by atoms with Gasteiger partial charge in [0.15, 0.2) is 11.5 Å². The summed E-state index contributed by atoms with van der Waals surface area (Å²) in [6, 6.07) is -0.525. The standard InChI is InChI=1S/C15H21F3N4O4/c1-3-8-11(15(16,17)18)21-12(19-8)13(23)20-9-5-6-22(14(24)25)7-10(9)26-4-2/h9-10H,3-7H2,1-2H3,(H,19,21)(H,20,23)(H,24,25). The highest BCUT2D eigenvalue weighted by molar-refractivity contribution is 5.91. The van der Waals surface area contributed by atoms with Crippen LogP contribution in [0.2, 0.25) is 0 Å². The lowest BCUT2D eigenvalue weighted by Gasteiger charge is -2.37. The fraction of sp³-hybridized carbons (Fsp3) is 0.667. The van der Waals surface area contributed by atoms with Crippen molar-refractivity contribution in [3.63, 3.8) is 0 Å². The number of carbonyl (C=O) groups excluding carboxylic acids is 1. The van der Waals surface area contributed by atoms with Crippen molar-refractivity contribution in [3.05, 3.63) is 17.2 Å². The second kappa shape index (κ2) is 7.94. The first kappa shape index (κ1) is 20.0. The number of aromatic amines is 1. The molecule has 0 saturated carbocycles. The van der Waals surface area contributed by atoms with E-state index in [0.717, 1.165) is 0 Å². The van der Waals surface area contributed by atoms with Crippen LogP contribution in [0.5, 0.6) is 0 Å². The lowest BCUT2D eigenvalue weighted by atomic mass is 10.0. The molecule has 0 aromatic carbocycles. The molecular weight excluding hydrogens is 357 g/mol. The summed E-state index contributed by atoms with van der Waals surface area (Å²) < 4.78 is 44.4. The second-order valence-corrected chi connectivity index (χ2v) is 5.85. The van der Waals surface area contributed by atoms with E-state index in [9.17, 15) is 22.8 Å². The van der Waals surface area contributed by atoms with Crippen molar-refractivity contribution >= 4 is 12.0 Å². The van der Waals surface area contributed by atoms with Gasteiger partial charge in [-0.3, -0.25) is 4.79 Å². The van der Waals surface area contributed by atoms with E-state index in [0.29, 0.717) is 6.61 Å². The molecule has 3 N–H and O–H groups in total. The number of amides is 2. The summed E-state index contributed by atoms with van der Waals surface area (Å²) in [6.07, 6.45) is -5.99. The van der Waals surface area contributed by atoms with Gasteiger partial charge >= 0.3 is 12.3 Å². The number of ether oxygens (including phenoxy) is 1. The van der Waals surface area contributed by atoms with Crippen LogP contribution in [0.1, 0.15) is 42.3 Å². The SMILES string of the molecule is CCOC1CN(C(=O)O)CCC1NC(=O)c1nc(C(F)(F)F)c(CC)[nH]1. The van der Waals surface area contributed by atoms with Crippen LogP contribution in [0.15, 0.2) is 0 Å². The molecule has 1 aliphatic heterocycles. The van der Waals surface area contributed by atoms with Gasteiger partial charge in [0.25, 0.3) is 5.91 Å². The van der Waals surface area contributed by atoms with Crippen LogP contribution in [-0.4, -0.2) is 63.8 Å². The van der Waals surface area contributed by atoms with E-state index in [-0.39, 0.29) is 31.6 Å². The molecule has 1 saturated heterocycles. The first-order chi connectivity index (χ1) is 12.2. The molecular formula is C15H21F3N4O4. The summed E-state index contributed by atoms with van der Waals surface area (Å²) in [5, 5.41) is 11.7. The molecule has 146 valence electrons. The first-order valence-corrected chi connectivity index (χ1v) is 8.23. The molecule has 1 fully saturated rings. The number of nitrogens with zero attached hydrogens (tertiary/aromatic N) is 2. The minimum atomic E-state index is -4.65. The minimum Gasteiger partial charge on any atom is -0.465 e. The summed E-state index contributed by atoms with van der Waals surface area (Å²) in [7, 11) is 0. The van der Waals surface area contributed by atoms with Crippen LogP contribution >= 0.6 is 0 Å². The number of alkyl halides is 3. The molecule has 2 amide bonds. The van der Waals surface area contributed by atoms with Crippen LogP contribution in [0.4, 0.5) is 18.0 Å². The highest BCUT2D eigenvalue weighted by atomic mass is 19.4. The number of imidazole rings is 1. The molecule has 0 radical (unpaired) electrons. The molecule has 11 heteroatoms. The van der Waals surface area contributed by atoms with Gasteiger partial charge in [0.2, 0.25) is 0 Å². The Balaban J connectivity index is 2.13. The number of nitrogens with one attached hydrogen (secondary N) is 2. The summed E-state index contributed by atoms with van der Waals surface area (Å²) in [4.78, 5) is 30.4. The number of carboxylic acid groups (broad SMARTS) is 1. The lowest BCUT2D eigenvalue weighted by molar-refractivity contribution is -0.141. The van der Waals surface area contributed by atoms with Crippen LogP contribution in [0.3, 0.4) is 0 Å². The Morgan fingerprint density at radius 2 is 2.12 bits per heavy atom. The highest BCUT2D eigenvalue weighted by Crippen LogP contribution is 2.30. The highest BCUT2D eigenvalue weighted by Gasteiger charge is 2.38.